The van der Waals surface area contributed by atoms with Crippen LogP contribution in [-0.4, -0.2) is 89.7 Å². The number of nitrogens with one attached hydrogen (secondary N) is 4. The Balaban J connectivity index is 1.41. The predicted molar refractivity (Wildman–Crippen MR) is 188 cm³/mol. The fourth-order valence-electron chi connectivity index (χ4n) is 6.51. The van der Waals surface area contributed by atoms with Crippen molar-refractivity contribution < 1.29 is 43.0 Å². The second-order valence-corrected chi connectivity index (χ2v) is 12.9. The average Bonchev–Trinajstić information content (AvgIpc) is 3.48. The highest BCUT2D eigenvalue weighted by Crippen LogP contribution is 2.32. The molecule has 5 atom stereocenters. The van der Waals surface area contributed by atoms with Crippen molar-refractivity contribution in [2.45, 2.75) is 102 Å². The van der Waals surface area contributed by atoms with Gasteiger partial charge in [-0.05, 0) is 68.7 Å². The highest BCUT2D eigenvalue weighted by atomic mass is 16.6. The molecule has 2 aromatic carbocycles. The van der Waals surface area contributed by atoms with Gasteiger partial charge in [0.15, 0.2) is 6.61 Å². The van der Waals surface area contributed by atoms with E-state index in [-0.39, 0.29) is 45.1 Å². The van der Waals surface area contributed by atoms with Gasteiger partial charge in [-0.1, -0.05) is 42.5 Å². The van der Waals surface area contributed by atoms with E-state index in [9.17, 15) is 33.6 Å². The fraction of sp³-hybridized carbons (Fsp3) is 0.486. The average molecular weight is 721 g/mol. The Hall–Kier alpha value is -5.47. The van der Waals surface area contributed by atoms with Gasteiger partial charge in [0.1, 0.15) is 29.9 Å². The van der Waals surface area contributed by atoms with Crippen molar-refractivity contribution in [3.05, 3.63) is 65.7 Å². The van der Waals surface area contributed by atoms with Crippen LogP contribution < -0.4 is 31.7 Å². The SMILES string of the molecule is CCOC(=O)COc1ccc(C[C@H](NC(C)=O)C(=O)N[C@H]2CCCC3CC[C@@H](C(=O)N[C@@H](CCC(N)=O)C(=O)NCc4ccccc4)N3C2=O)cc1. The molecule has 2 aliphatic rings. The van der Waals surface area contributed by atoms with Crippen molar-refractivity contribution in [2.24, 2.45) is 5.73 Å². The largest absolute Gasteiger partial charge is 0.482 e. The first-order valence-corrected chi connectivity index (χ1v) is 17.6. The summed E-state index contributed by atoms with van der Waals surface area (Å²) in [7, 11) is 0. The van der Waals surface area contributed by atoms with Crippen LogP contribution in [0.2, 0.25) is 0 Å². The number of hydrogen-bond acceptors (Lipinski definition) is 9. The van der Waals surface area contributed by atoms with E-state index in [0.717, 1.165) is 5.56 Å². The third-order valence-corrected chi connectivity index (χ3v) is 9.05. The van der Waals surface area contributed by atoms with Crippen LogP contribution in [0.15, 0.2) is 54.6 Å². The number of esters is 1. The molecule has 0 bridgehead atoms. The summed E-state index contributed by atoms with van der Waals surface area (Å²) in [6.07, 6.45) is 2.50. The summed E-state index contributed by atoms with van der Waals surface area (Å²) in [5.41, 5.74) is 6.90. The molecule has 2 aromatic rings. The number of fused-ring (bicyclic) bond motifs is 1. The van der Waals surface area contributed by atoms with Gasteiger partial charge >= 0.3 is 5.97 Å². The topological polar surface area (TPSA) is 215 Å². The van der Waals surface area contributed by atoms with Gasteiger partial charge < -0.3 is 41.4 Å². The number of nitrogens with two attached hydrogens (primary N) is 1. The Morgan fingerprint density at radius 1 is 0.885 bits per heavy atom. The van der Waals surface area contributed by atoms with Crippen LogP contribution in [0.25, 0.3) is 0 Å². The van der Waals surface area contributed by atoms with E-state index < -0.39 is 65.6 Å². The van der Waals surface area contributed by atoms with E-state index in [2.05, 4.69) is 21.3 Å². The highest BCUT2D eigenvalue weighted by Gasteiger charge is 2.45. The first kappa shape index (κ1) is 39.3. The van der Waals surface area contributed by atoms with Crippen molar-refractivity contribution in [2.75, 3.05) is 13.2 Å². The van der Waals surface area contributed by atoms with Crippen molar-refractivity contribution in [1.82, 2.24) is 26.2 Å². The molecule has 280 valence electrons. The minimum absolute atomic E-state index is 0.0155. The lowest BCUT2D eigenvalue weighted by Crippen LogP contribution is -2.58. The fourth-order valence-corrected chi connectivity index (χ4v) is 6.51. The van der Waals surface area contributed by atoms with E-state index in [1.165, 1.54) is 11.8 Å². The summed E-state index contributed by atoms with van der Waals surface area (Å²) >= 11 is 0. The van der Waals surface area contributed by atoms with E-state index in [0.29, 0.717) is 43.4 Å². The molecule has 0 spiro atoms. The normalized spacial score (nSPS) is 19.2. The Morgan fingerprint density at radius 2 is 1.62 bits per heavy atom. The Bertz CT molecular complexity index is 1590. The van der Waals surface area contributed by atoms with Crippen molar-refractivity contribution >= 4 is 41.4 Å². The van der Waals surface area contributed by atoms with E-state index in [1.54, 1.807) is 31.2 Å². The van der Waals surface area contributed by atoms with Gasteiger partial charge in [0.25, 0.3) is 0 Å². The Morgan fingerprint density at radius 3 is 2.29 bits per heavy atom. The maximum absolute atomic E-state index is 14.0. The third-order valence-electron chi connectivity index (χ3n) is 9.05. The van der Waals surface area contributed by atoms with Gasteiger partial charge in [-0.25, -0.2) is 4.79 Å². The quantitative estimate of drug-likeness (QED) is 0.146. The Kier molecular flexibility index (Phi) is 14.5. The molecule has 6 N–H and O–H groups in total. The number of carbonyl (C=O) groups is 7. The number of primary amides is 1. The number of ether oxygens (including phenoxy) is 2. The first-order valence-electron chi connectivity index (χ1n) is 17.6. The van der Waals surface area contributed by atoms with E-state index in [1.807, 2.05) is 30.3 Å². The van der Waals surface area contributed by atoms with E-state index >= 15 is 0 Å². The van der Waals surface area contributed by atoms with Gasteiger partial charge in [-0.2, -0.15) is 0 Å². The zero-order chi connectivity index (χ0) is 37.6. The summed E-state index contributed by atoms with van der Waals surface area (Å²) < 4.78 is 10.3. The lowest BCUT2D eigenvalue weighted by atomic mass is 10.0. The number of amides is 6. The molecular formula is C37H48N6O9. The molecule has 0 aromatic heterocycles. The highest BCUT2D eigenvalue weighted by molar-refractivity contribution is 5.96. The standard InChI is InChI=1S/C37H48N6O9/c1-3-51-33(46)22-52-27-15-12-24(13-16-27)20-30(40-23(2)44)35(48)42-29-11-7-10-26-14-18-31(43(26)37(29)50)36(49)41-28(17-19-32(38)45)34(47)39-21-25-8-5-4-6-9-25/h4-6,8-9,12-13,15-16,26,28-31H,3,7,10-11,14,17-22H2,1-2H3,(H2,38,45)(H,39,47)(H,40,44)(H,41,49)(H,42,48)/t26?,28-,29-,30-,31-/m0/s1. The maximum Gasteiger partial charge on any atom is 0.344 e. The molecule has 0 radical (unpaired) electrons. The summed E-state index contributed by atoms with van der Waals surface area (Å²) in [4.78, 5) is 91.3. The van der Waals surface area contributed by atoms with Crippen molar-refractivity contribution in [1.29, 1.82) is 0 Å². The third kappa shape index (κ3) is 11.5. The smallest absolute Gasteiger partial charge is 0.344 e. The second-order valence-electron chi connectivity index (χ2n) is 12.9. The number of carbonyl (C=O) groups excluding carboxylic acids is 7. The molecule has 15 nitrogen and oxygen atoms in total. The van der Waals surface area contributed by atoms with Crippen LogP contribution in [0.3, 0.4) is 0 Å². The zero-order valence-corrected chi connectivity index (χ0v) is 29.6. The van der Waals surface area contributed by atoms with Crippen LogP contribution >= 0.6 is 0 Å². The van der Waals surface area contributed by atoms with Gasteiger partial charge in [0, 0.05) is 32.4 Å². The molecule has 6 amide bonds. The summed E-state index contributed by atoms with van der Waals surface area (Å²) in [5.74, 6) is -3.12. The lowest BCUT2D eigenvalue weighted by Gasteiger charge is -2.32. The van der Waals surface area contributed by atoms with E-state index in [4.69, 9.17) is 15.2 Å². The van der Waals surface area contributed by atoms with Crippen molar-refractivity contribution in [3.63, 3.8) is 0 Å². The minimum Gasteiger partial charge on any atom is -0.482 e. The maximum atomic E-state index is 14.0. The van der Waals surface area contributed by atoms with Crippen LogP contribution in [0.1, 0.15) is 69.9 Å². The van der Waals surface area contributed by atoms with Crippen LogP contribution in [0, 0.1) is 0 Å². The van der Waals surface area contributed by atoms with Gasteiger partial charge in [0.05, 0.1) is 6.61 Å². The number of nitrogens with zero attached hydrogens (tertiary/aromatic N) is 1. The molecule has 4 rings (SSSR count). The second kappa shape index (κ2) is 19.2. The zero-order valence-electron chi connectivity index (χ0n) is 29.6. The molecule has 52 heavy (non-hydrogen) atoms. The lowest BCUT2D eigenvalue weighted by molar-refractivity contribution is -0.145. The molecule has 15 heteroatoms. The molecular weight excluding hydrogens is 672 g/mol. The molecule has 1 unspecified atom stereocenters. The summed E-state index contributed by atoms with van der Waals surface area (Å²) in [5, 5.41) is 11.0. The monoisotopic (exact) mass is 720 g/mol. The molecule has 2 aliphatic heterocycles. The van der Waals surface area contributed by atoms with Crippen molar-refractivity contribution in [3.8, 4) is 5.75 Å². The van der Waals surface area contributed by atoms with Gasteiger partial charge in [-0.15, -0.1) is 0 Å². The van der Waals surface area contributed by atoms with Gasteiger partial charge in [0.2, 0.25) is 35.4 Å². The summed E-state index contributed by atoms with van der Waals surface area (Å²) in [6, 6.07) is 11.8. The first-order chi connectivity index (χ1) is 24.9. The predicted octanol–water partition coefficient (Wildman–Crippen LogP) is 0.771. The molecule has 0 aliphatic carbocycles. The minimum atomic E-state index is -1.06. The number of benzene rings is 2. The van der Waals surface area contributed by atoms with Crippen LogP contribution in [0.5, 0.6) is 5.75 Å². The van der Waals surface area contributed by atoms with Crippen LogP contribution in [-0.2, 0) is 51.3 Å². The number of rotatable bonds is 17. The summed E-state index contributed by atoms with van der Waals surface area (Å²) in [6.45, 7) is 3.20. The molecule has 2 saturated heterocycles. The Labute approximate surface area is 302 Å². The van der Waals surface area contributed by atoms with Crippen LogP contribution in [0.4, 0.5) is 0 Å². The molecule has 2 heterocycles. The van der Waals surface area contributed by atoms with Gasteiger partial charge in [-0.3, -0.25) is 28.8 Å². The molecule has 0 saturated carbocycles. The molecule has 2 fully saturated rings. The number of hydrogen-bond donors (Lipinski definition) is 5.